The molecule has 0 radical (unpaired) electrons. The number of nitrogens with two attached hydrogens (primary N) is 1. The number of primary sulfonamides is 1. The number of sulfonamides is 1. The van der Waals surface area contributed by atoms with Gasteiger partial charge >= 0.3 is 0 Å². The molecule has 0 amide bonds. The van der Waals surface area contributed by atoms with Crippen LogP contribution in [0.5, 0.6) is 0 Å². The van der Waals surface area contributed by atoms with E-state index in [1.54, 1.807) is 12.1 Å². The number of fused-ring (bicyclic) bond motifs is 1. The second-order valence-corrected chi connectivity index (χ2v) is 8.16. The van der Waals surface area contributed by atoms with E-state index in [9.17, 15) is 8.42 Å². The lowest BCUT2D eigenvalue weighted by Gasteiger charge is -2.34. The van der Waals surface area contributed by atoms with Crippen LogP contribution in [0.25, 0.3) is 0 Å². The summed E-state index contributed by atoms with van der Waals surface area (Å²) in [6, 6.07) is 10.8. The maximum absolute atomic E-state index is 11.6. The highest BCUT2D eigenvalue weighted by atomic mass is 35.5. The first-order valence-electron chi connectivity index (χ1n) is 7.36. The van der Waals surface area contributed by atoms with Crippen molar-refractivity contribution in [3.05, 3.63) is 63.7 Å². The second-order valence-electron chi connectivity index (χ2n) is 6.16. The van der Waals surface area contributed by atoms with Gasteiger partial charge in [0, 0.05) is 24.0 Å². The van der Waals surface area contributed by atoms with Crippen molar-refractivity contribution in [3.63, 3.8) is 0 Å². The molecule has 1 heterocycles. The molecule has 3 rings (SSSR count). The topological polar surface area (TPSA) is 63.4 Å². The molecule has 0 bridgehead atoms. The van der Waals surface area contributed by atoms with E-state index in [0.29, 0.717) is 5.02 Å². The Morgan fingerprint density at radius 1 is 1.26 bits per heavy atom. The highest BCUT2D eigenvalue weighted by molar-refractivity contribution is 7.89. The van der Waals surface area contributed by atoms with Gasteiger partial charge in [-0.1, -0.05) is 23.7 Å². The minimum atomic E-state index is -3.71. The number of likely N-dealkylation sites (N-methyl/N-ethyl adjacent to an activating group) is 1. The molecule has 2 aromatic carbocycles. The largest absolute Gasteiger partial charge is 0.301 e. The van der Waals surface area contributed by atoms with Crippen LogP contribution < -0.4 is 5.14 Å². The van der Waals surface area contributed by atoms with Gasteiger partial charge in [-0.25, -0.2) is 13.6 Å². The van der Waals surface area contributed by atoms with Crippen molar-refractivity contribution in [2.45, 2.75) is 24.3 Å². The molecule has 2 N–H and O–H groups in total. The van der Waals surface area contributed by atoms with Crippen LogP contribution in [0.4, 0.5) is 0 Å². The first-order chi connectivity index (χ1) is 10.8. The van der Waals surface area contributed by atoms with Crippen LogP contribution in [0.15, 0.2) is 41.3 Å². The van der Waals surface area contributed by atoms with Crippen molar-refractivity contribution in [3.8, 4) is 0 Å². The average molecular weight is 351 g/mol. The van der Waals surface area contributed by atoms with Crippen molar-refractivity contribution < 1.29 is 8.42 Å². The van der Waals surface area contributed by atoms with Gasteiger partial charge in [0.25, 0.3) is 0 Å². The zero-order valence-electron chi connectivity index (χ0n) is 13.1. The fourth-order valence-electron chi connectivity index (χ4n) is 3.26. The molecule has 0 saturated carbocycles. The van der Waals surface area contributed by atoms with E-state index in [0.717, 1.165) is 24.2 Å². The summed E-state index contributed by atoms with van der Waals surface area (Å²) in [6.07, 6.45) is 0. The molecule has 122 valence electrons. The van der Waals surface area contributed by atoms with Gasteiger partial charge in [0.15, 0.2) is 0 Å². The number of rotatable bonds is 2. The Hall–Kier alpha value is -1.40. The molecular formula is C17H19ClN2O2S. The Labute approximate surface area is 141 Å². The third-order valence-corrected chi connectivity index (χ3v) is 5.49. The molecular weight excluding hydrogens is 332 g/mol. The molecule has 1 unspecified atom stereocenters. The summed E-state index contributed by atoms with van der Waals surface area (Å²) < 4.78 is 23.3. The van der Waals surface area contributed by atoms with Crippen LogP contribution >= 0.6 is 11.6 Å². The number of aryl methyl sites for hydroxylation is 1. The Bertz CT molecular complexity index is 865. The summed E-state index contributed by atoms with van der Waals surface area (Å²) in [5, 5.41) is 5.97. The molecule has 2 aromatic rings. The fraction of sp³-hybridized carbons (Fsp3) is 0.294. The highest BCUT2D eigenvalue weighted by Crippen LogP contribution is 2.36. The molecule has 1 aliphatic heterocycles. The molecule has 4 nitrogen and oxygen atoms in total. The van der Waals surface area contributed by atoms with E-state index in [1.165, 1.54) is 17.2 Å². The molecule has 0 spiro atoms. The van der Waals surface area contributed by atoms with Gasteiger partial charge in [-0.3, -0.25) is 0 Å². The van der Waals surface area contributed by atoms with Crippen molar-refractivity contribution >= 4 is 21.6 Å². The number of nitrogens with zero attached hydrogens (tertiary/aromatic N) is 1. The van der Waals surface area contributed by atoms with Crippen molar-refractivity contribution in [2.24, 2.45) is 5.14 Å². The van der Waals surface area contributed by atoms with Crippen molar-refractivity contribution in [1.82, 2.24) is 4.90 Å². The normalized spacial score (nSPS) is 18.7. The van der Waals surface area contributed by atoms with Gasteiger partial charge in [-0.05, 0) is 60.5 Å². The van der Waals surface area contributed by atoms with Gasteiger partial charge in [-0.15, -0.1) is 0 Å². The van der Waals surface area contributed by atoms with E-state index < -0.39 is 10.0 Å². The van der Waals surface area contributed by atoms with E-state index in [-0.39, 0.29) is 10.8 Å². The predicted octanol–water partition coefficient (Wildman–Crippen LogP) is 2.87. The number of halogens is 1. The Balaban J connectivity index is 2.15. The summed E-state index contributed by atoms with van der Waals surface area (Å²) in [5.74, 6) is 0.0721. The number of hydrogen-bond donors (Lipinski definition) is 1. The Morgan fingerprint density at radius 2 is 2.00 bits per heavy atom. The third kappa shape index (κ3) is 3.28. The lowest BCUT2D eigenvalue weighted by atomic mass is 9.83. The first kappa shape index (κ1) is 16.5. The molecule has 0 aliphatic carbocycles. The van der Waals surface area contributed by atoms with Crippen LogP contribution in [0, 0.1) is 6.92 Å². The van der Waals surface area contributed by atoms with Crippen LogP contribution in [0.3, 0.4) is 0 Å². The molecule has 0 saturated heterocycles. The summed E-state index contributed by atoms with van der Waals surface area (Å²) in [6.45, 7) is 3.73. The number of hydrogen-bond acceptors (Lipinski definition) is 3. The zero-order chi connectivity index (χ0) is 16.8. The highest BCUT2D eigenvalue weighted by Gasteiger charge is 2.27. The monoisotopic (exact) mass is 350 g/mol. The standard InChI is InChI=1S/C17H19ClN2O2S/c1-11-6-13(18)8-15-16(11)9-20(2)10-17(15)12-4-3-5-14(7-12)23(19,21)22/h3-8,17H,9-10H2,1-2H3,(H2,19,21,22). The van der Waals surface area contributed by atoms with Gasteiger partial charge in [0.2, 0.25) is 10.0 Å². The van der Waals surface area contributed by atoms with Gasteiger partial charge < -0.3 is 4.90 Å². The van der Waals surface area contributed by atoms with Crippen LogP contribution in [0.2, 0.25) is 5.02 Å². The number of benzene rings is 2. The van der Waals surface area contributed by atoms with E-state index >= 15 is 0 Å². The zero-order valence-corrected chi connectivity index (χ0v) is 14.7. The molecule has 1 atom stereocenters. The second kappa shape index (κ2) is 5.91. The van der Waals surface area contributed by atoms with E-state index in [2.05, 4.69) is 18.9 Å². The first-order valence-corrected chi connectivity index (χ1v) is 9.28. The smallest absolute Gasteiger partial charge is 0.238 e. The van der Waals surface area contributed by atoms with Crippen LogP contribution in [-0.4, -0.2) is 26.9 Å². The predicted molar refractivity (Wildman–Crippen MR) is 92.2 cm³/mol. The van der Waals surface area contributed by atoms with Crippen molar-refractivity contribution in [1.29, 1.82) is 0 Å². The van der Waals surface area contributed by atoms with E-state index in [1.807, 2.05) is 18.2 Å². The quantitative estimate of drug-likeness (QED) is 0.905. The molecule has 1 aliphatic rings. The van der Waals surface area contributed by atoms with E-state index in [4.69, 9.17) is 16.7 Å². The summed E-state index contributed by atoms with van der Waals surface area (Å²) in [4.78, 5) is 2.38. The summed E-state index contributed by atoms with van der Waals surface area (Å²) >= 11 is 6.25. The van der Waals surface area contributed by atoms with Crippen LogP contribution in [-0.2, 0) is 16.6 Å². The Kier molecular flexibility index (Phi) is 4.23. The summed E-state index contributed by atoms with van der Waals surface area (Å²) in [5.41, 5.74) is 4.52. The molecule has 0 aromatic heterocycles. The van der Waals surface area contributed by atoms with Gasteiger partial charge in [0.1, 0.15) is 0 Å². The maximum atomic E-state index is 11.6. The molecule has 6 heteroatoms. The van der Waals surface area contributed by atoms with Gasteiger partial charge in [-0.2, -0.15) is 0 Å². The lowest BCUT2D eigenvalue weighted by Crippen LogP contribution is -2.31. The molecule has 23 heavy (non-hydrogen) atoms. The van der Waals surface area contributed by atoms with Gasteiger partial charge in [0.05, 0.1) is 4.90 Å². The molecule has 0 fully saturated rings. The summed E-state index contributed by atoms with van der Waals surface area (Å²) in [7, 11) is -1.65. The SMILES string of the molecule is Cc1cc(Cl)cc2c1CN(C)CC2c1cccc(S(N)(=O)=O)c1. The third-order valence-electron chi connectivity index (χ3n) is 4.36. The fourth-order valence-corrected chi connectivity index (χ4v) is 4.11. The van der Waals surface area contributed by atoms with Crippen molar-refractivity contribution in [2.75, 3.05) is 13.6 Å². The van der Waals surface area contributed by atoms with Crippen LogP contribution in [0.1, 0.15) is 28.2 Å². The maximum Gasteiger partial charge on any atom is 0.238 e. The lowest BCUT2D eigenvalue weighted by molar-refractivity contribution is 0.294. The minimum Gasteiger partial charge on any atom is -0.301 e. The minimum absolute atomic E-state index is 0.0721. The average Bonchev–Trinajstić information content (AvgIpc) is 2.47. The Morgan fingerprint density at radius 3 is 2.70 bits per heavy atom.